The predicted molar refractivity (Wildman–Crippen MR) is 116 cm³/mol. The summed E-state index contributed by atoms with van der Waals surface area (Å²) in [7, 11) is 0. The van der Waals surface area contributed by atoms with E-state index >= 15 is 0 Å². The second-order valence-corrected chi connectivity index (χ2v) is 6.63. The van der Waals surface area contributed by atoms with Crippen LogP contribution < -0.4 is 15.4 Å². The minimum Gasteiger partial charge on any atom is -0.489 e. The van der Waals surface area contributed by atoms with Gasteiger partial charge in [-0.3, -0.25) is 4.99 Å². The molecule has 0 saturated heterocycles. The third-order valence-electron chi connectivity index (χ3n) is 3.44. The van der Waals surface area contributed by atoms with Crippen molar-refractivity contribution in [1.29, 1.82) is 0 Å². The summed E-state index contributed by atoms with van der Waals surface area (Å²) in [5.41, 5.74) is 0. The van der Waals surface area contributed by atoms with Gasteiger partial charge in [0, 0.05) is 36.7 Å². The van der Waals surface area contributed by atoms with Crippen molar-refractivity contribution >= 4 is 41.3 Å². The fourth-order valence-corrected chi connectivity index (χ4v) is 3.01. The van der Waals surface area contributed by atoms with Crippen molar-refractivity contribution < 1.29 is 13.5 Å². The van der Waals surface area contributed by atoms with Gasteiger partial charge in [0.25, 0.3) is 0 Å². The zero-order valence-corrected chi connectivity index (χ0v) is 18.6. The topological polar surface area (TPSA) is 58.5 Å². The molecule has 2 aromatic rings. The molecule has 5 nitrogen and oxygen atoms in total. The highest BCUT2D eigenvalue weighted by atomic mass is 127. The lowest BCUT2D eigenvalue weighted by Gasteiger charge is -2.12. The minimum absolute atomic E-state index is 0. The summed E-state index contributed by atoms with van der Waals surface area (Å²) in [6.07, 6.45) is 3.71. The van der Waals surface area contributed by atoms with Crippen molar-refractivity contribution in [2.24, 2.45) is 4.99 Å². The highest BCUT2D eigenvalue weighted by molar-refractivity contribution is 14.0. The summed E-state index contributed by atoms with van der Waals surface area (Å²) in [5, 5.41) is 7.35. The second-order valence-electron chi connectivity index (χ2n) is 5.43. The van der Waals surface area contributed by atoms with E-state index in [9.17, 15) is 8.78 Å². The van der Waals surface area contributed by atoms with Crippen molar-refractivity contribution in [2.45, 2.75) is 26.7 Å². The van der Waals surface area contributed by atoms with Gasteiger partial charge in [-0.2, -0.15) is 0 Å². The lowest BCUT2D eigenvalue weighted by atomic mass is 10.3. The lowest BCUT2D eigenvalue weighted by Crippen LogP contribution is -2.39. The van der Waals surface area contributed by atoms with Crippen LogP contribution in [0.1, 0.15) is 23.7 Å². The Bertz CT molecular complexity index is 727. The Kier molecular flexibility index (Phi) is 11.2. The Morgan fingerprint density at radius 2 is 2.07 bits per heavy atom. The molecule has 0 fully saturated rings. The first-order valence-electron chi connectivity index (χ1n) is 8.66. The Hall–Kier alpha value is -1.49. The van der Waals surface area contributed by atoms with Gasteiger partial charge in [0.1, 0.15) is 12.4 Å². The maximum Gasteiger partial charge on any atom is 0.191 e. The number of rotatable bonds is 9. The van der Waals surface area contributed by atoms with Gasteiger partial charge < -0.3 is 15.4 Å². The first-order valence-corrected chi connectivity index (χ1v) is 9.47. The fourth-order valence-electron chi connectivity index (χ4n) is 2.15. The molecule has 2 N–H and O–H groups in total. The van der Waals surface area contributed by atoms with Gasteiger partial charge in [0.2, 0.25) is 0 Å². The number of thiazole rings is 1. The van der Waals surface area contributed by atoms with Crippen molar-refractivity contribution in [2.75, 3.05) is 26.2 Å². The number of benzene rings is 1. The molecule has 1 heterocycles. The van der Waals surface area contributed by atoms with E-state index in [1.165, 1.54) is 17.0 Å². The zero-order valence-electron chi connectivity index (χ0n) is 15.4. The van der Waals surface area contributed by atoms with Gasteiger partial charge in [-0.05, 0) is 25.5 Å². The Labute approximate surface area is 179 Å². The van der Waals surface area contributed by atoms with Crippen LogP contribution >= 0.6 is 35.3 Å². The van der Waals surface area contributed by atoms with Gasteiger partial charge in [-0.25, -0.2) is 13.8 Å². The van der Waals surface area contributed by atoms with Crippen molar-refractivity contribution in [3.63, 3.8) is 0 Å². The summed E-state index contributed by atoms with van der Waals surface area (Å²) < 4.78 is 31.7. The third-order valence-corrected chi connectivity index (χ3v) is 4.64. The molecule has 0 aliphatic rings. The average Bonchev–Trinajstić information content (AvgIpc) is 3.08. The van der Waals surface area contributed by atoms with Gasteiger partial charge >= 0.3 is 0 Å². The molecule has 1 aromatic carbocycles. The minimum atomic E-state index is -0.708. The zero-order chi connectivity index (χ0) is 18.8. The number of nitrogens with zero attached hydrogens (tertiary/aromatic N) is 2. The van der Waals surface area contributed by atoms with Crippen LogP contribution in [0.3, 0.4) is 0 Å². The molecule has 0 radical (unpaired) electrons. The van der Waals surface area contributed by atoms with Gasteiger partial charge in [-0.1, -0.05) is 6.92 Å². The van der Waals surface area contributed by atoms with Gasteiger partial charge in [-0.15, -0.1) is 35.3 Å². The van der Waals surface area contributed by atoms with Crippen LogP contribution in [-0.4, -0.2) is 37.2 Å². The smallest absolute Gasteiger partial charge is 0.191 e. The highest BCUT2D eigenvalue weighted by Gasteiger charge is 2.05. The Morgan fingerprint density at radius 3 is 2.74 bits per heavy atom. The maximum absolute atomic E-state index is 13.5. The monoisotopic (exact) mass is 510 g/mol. The van der Waals surface area contributed by atoms with Crippen LogP contribution in [0.2, 0.25) is 0 Å². The van der Waals surface area contributed by atoms with E-state index in [0.29, 0.717) is 19.0 Å². The summed E-state index contributed by atoms with van der Waals surface area (Å²) in [6.45, 7) is 6.13. The number of ether oxygens (including phenoxy) is 1. The number of guanidine groups is 1. The summed E-state index contributed by atoms with van der Waals surface area (Å²) in [4.78, 5) is 10.2. The molecule has 2 rings (SSSR count). The Balaban J connectivity index is 0.00000364. The van der Waals surface area contributed by atoms with Crippen LogP contribution in [0.4, 0.5) is 8.78 Å². The number of aromatic nitrogens is 1. The van der Waals surface area contributed by atoms with E-state index in [1.54, 1.807) is 11.3 Å². The molecule has 0 aliphatic heterocycles. The largest absolute Gasteiger partial charge is 0.489 e. The summed E-state index contributed by atoms with van der Waals surface area (Å²) >= 11 is 1.72. The van der Waals surface area contributed by atoms with Crippen molar-refractivity contribution in [3.8, 4) is 5.75 Å². The second kappa shape index (κ2) is 12.8. The third kappa shape index (κ3) is 8.37. The summed E-state index contributed by atoms with van der Waals surface area (Å²) in [5.74, 6) is -0.630. The Morgan fingerprint density at radius 1 is 1.26 bits per heavy atom. The van der Waals surface area contributed by atoms with E-state index in [4.69, 9.17) is 4.74 Å². The molecular formula is C18H25F2IN4OS. The van der Waals surface area contributed by atoms with Crippen LogP contribution in [-0.2, 0) is 12.8 Å². The van der Waals surface area contributed by atoms with Crippen LogP contribution in [0.5, 0.6) is 5.75 Å². The fraction of sp³-hybridized carbons (Fsp3) is 0.444. The standard InChI is InChI=1S/C18H24F2N4OS.HI/c1-3-14-12-24-17(26-14)7-8-22-18(21-4-2)23-9-10-25-16-6-5-13(19)11-15(16)20;/h5-6,11-12H,3-4,7-10H2,1-2H3,(H2,21,22,23);1H. The first kappa shape index (κ1) is 23.5. The molecule has 0 aliphatic carbocycles. The van der Waals surface area contributed by atoms with Crippen LogP contribution in [0, 0.1) is 11.6 Å². The van der Waals surface area contributed by atoms with E-state index in [2.05, 4.69) is 27.5 Å². The van der Waals surface area contributed by atoms with Crippen LogP contribution in [0.25, 0.3) is 0 Å². The molecule has 0 amide bonds. The predicted octanol–water partition coefficient (Wildman–Crippen LogP) is 3.78. The average molecular weight is 510 g/mol. The number of nitrogens with one attached hydrogen (secondary N) is 2. The first-order chi connectivity index (χ1) is 12.6. The molecule has 0 atom stereocenters. The number of hydrogen-bond acceptors (Lipinski definition) is 4. The number of halogens is 3. The van der Waals surface area contributed by atoms with E-state index < -0.39 is 11.6 Å². The van der Waals surface area contributed by atoms with Gasteiger partial charge in [0.05, 0.1) is 11.6 Å². The molecule has 0 bridgehead atoms. The van der Waals surface area contributed by atoms with Crippen molar-refractivity contribution in [1.82, 2.24) is 15.6 Å². The SMILES string of the molecule is CCNC(=NCCc1ncc(CC)s1)NCCOc1ccc(F)cc1F.I. The van der Waals surface area contributed by atoms with Crippen LogP contribution in [0.15, 0.2) is 29.4 Å². The number of hydrogen-bond donors (Lipinski definition) is 2. The van der Waals surface area contributed by atoms with E-state index in [-0.39, 0.29) is 36.3 Å². The molecule has 27 heavy (non-hydrogen) atoms. The molecule has 0 spiro atoms. The number of aliphatic imine (C=N–C) groups is 1. The number of aryl methyl sites for hydroxylation is 1. The maximum atomic E-state index is 13.5. The molecule has 0 saturated carbocycles. The summed E-state index contributed by atoms with van der Waals surface area (Å²) in [6, 6.07) is 3.25. The van der Waals surface area contributed by atoms with E-state index in [1.807, 2.05) is 13.1 Å². The van der Waals surface area contributed by atoms with E-state index in [0.717, 1.165) is 30.5 Å². The molecule has 150 valence electrons. The lowest BCUT2D eigenvalue weighted by molar-refractivity contribution is 0.304. The molecular weight excluding hydrogens is 485 g/mol. The molecule has 0 unspecified atom stereocenters. The normalized spacial score (nSPS) is 11.0. The van der Waals surface area contributed by atoms with Gasteiger partial charge in [0.15, 0.2) is 17.5 Å². The highest BCUT2D eigenvalue weighted by Crippen LogP contribution is 2.17. The molecule has 9 heteroatoms. The quantitative estimate of drug-likeness (QED) is 0.234. The molecule has 1 aromatic heterocycles. The van der Waals surface area contributed by atoms with Crippen molar-refractivity contribution in [3.05, 3.63) is 45.9 Å².